The van der Waals surface area contributed by atoms with E-state index in [1.54, 1.807) is 54.6 Å². The number of hydrogen-bond donors (Lipinski definition) is 4. The first-order valence-electron chi connectivity index (χ1n) is 11.8. The van der Waals surface area contributed by atoms with Crippen molar-refractivity contribution in [3.8, 4) is 17.2 Å². The van der Waals surface area contributed by atoms with Gasteiger partial charge in [0.1, 0.15) is 23.4 Å². The van der Waals surface area contributed by atoms with Crippen LogP contribution < -0.4 is 14.2 Å². The van der Waals surface area contributed by atoms with Gasteiger partial charge in [0.2, 0.25) is 0 Å². The highest BCUT2D eigenvalue weighted by molar-refractivity contribution is 5.85. The maximum Gasteiger partial charge on any atom is 0.425 e. The second-order valence-electron chi connectivity index (χ2n) is 8.94. The number of hydrogen-bond acceptors (Lipinski definition) is 10. The number of aliphatic hydroxyl groups excluding tert-OH is 2. The predicted molar refractivity (Wildman–Crippen MR) is 132 cm³/mol. The standard InChI is InChI=1S/C28H28O10/c1-18-23(30)24(31)26(18,33)28(34,38-22-16-10-5-11-17-22)27(36-19(2)29,37-21-14-8-4-9-15-21)25(32)35-20-12-6-3-7-13-20/h3-18,23-24,30-31,33-34H,1-2H3/t18?,23?,24-,26-,27-,28-/m1/s1. The summed E-state index contributed by atoms with van der Waals surface area (Å²) in [5.41, 5.74) is -2.82. The summed E-state index contributed by atoms with van der Waals surface area (Å²) in [6, 6.07) is 22.7. The maximum absolute atomic E-state index is 14.0. The Balaban J connectivity index is 1.98. The van der Waals surface area contributed by atoms with Crippen LogP contribution in [0.1, 0.15) is 13.8 Å². The smallest absolute Gasteiger partial charge is 0.425 e. The van der Waals surface area contributed by atoms with Crippen molar-refractivity contribution in [3.63, 3.8) is 0 Å². The largest absolute Gasteiger partial charge is 0.452 e. The number of aliphatic hydroxyl groups is 4. The van der Waals surface area contributed by atoms with Crippen LogP contribution in [0.25, 0.3) is 0 Å². The van der Waals surface area contributed by atoms with E-state index < -0.39 is 47.2 Å². The summed E-state index contributed by atoms with van der Waals surface area (Å²) in [5.74, 6) is -10.7. The van der Waals surface area contributed by atoms with E-state index in [2.05, 4.69) is 0 Å². The van der Waals surface area contributed by atoms with E-state index in [4.69, 9.17) is 18.9 Å². The van der Waals surface area contributed by atoms with Crippen molar-refractivity contribution in [2.24, 2.45) is 5.92 Å². The summed E-state index contributed by atoms with van der Waals surface area (Å²) in [5, 5.41) is 45.2. The molecule has 0 heterocycles. The Morgan fingerprint density at radius 1 is 0.789 bits per heavy atom. The van der Waals surface area contributed by atoms with E-state index in [0.29, 0.717) is 0 Å². The molecule has 3 aromatic rings. The first-order valence-corrected chi connectivity index (χ1v) is 11.8. The SMILES string of the molecule is CC(=O)O[C@@](Oc1ccccc1)(C(=O)Oc1ccccc1)[C@](O)(Oc1ccccc1)[C@@]1(O)C(C)C(O)[C@H]1O. The molecular formula is C28H28O10. The highest BCUT2D eigenvalue weighted by Crippen LogP contribution is 2.52. The Morgan fingerprint density at radius 2 is 1.24 bits per heavy atom. The van der Waals surface area contributed by atoms with Gasteiger partial charge in [-0.3, -0.25) is 4.79 Å². The van der Waals surface area contributed by atoms with Crippen molar-refractivity contribution in [1.82, 2.24) is 0 Å². The number of esters is 2. The highest BCUT2D eigenvalue weighted by Gasteiger charge is 2.83. The minimum Gasteiger partial charge on any atom is -0.452 e. The van der Waals surface area contributed by atoms with E-state index in [0.717, 1.165) is 6.92 Å². The lowest BCUT2D eigenvalue weighted by atomic mass is 9.59. The van der Waals surface area contributed by atoms with E-state index >= 15 is 0 Å². The molecule has 200 valence electrons. The third-order valence-electron chi connectivity index (χ3n) is 6.49. The van der Waals surface area contributed by atoms with Crippen LogP contribution in [0.3, 0.4) is 0 Å². The van der Waals surface area contributed by atoms with E-state index in [-0.39, 0.29) is 17.2 Å². The van der Waals surface area contributed by atoms with Gasteiger partial charge in [-0.25, -0.2) is 4.79 Å². The molecule has 0 radical (unpaired) electrons. The fourth-order valence-electron chi connectivity index (χ4n) is 4.43. The lowest BCUT2D eigenvalue weighted by Gasteiger charge is -2.60. The molecule has 1 aliphatic rings. The Kier molecular flexibility index (Phi) is 7.43. The number of carbonyl (C=O) groups excluding carboxylic acids is 2. The Morgan fingerprint density at radius 3 is 1.68 bits per heavy atom. The summed E-state index contributed by atoms with van der Waals surface area (Å²) in [6.45, 7) is 2.25. The van der Waals surface area contributed by atoms with Crippen LogP contribution in [0.2, 0.25) is 0 Å². The van der Waals surface area contributed by atoms with Crippen LogP contribution in [0.5, 0.6) is 17.2 Å². The molecule has 1 saturated carbocycles. The molecule has 0 aliphatic heterocycles. The second-order valence-corrected chi connectivity index (χ2v) is 8.94. The predicted octanol–water partition coefficient (Wildman–Crippen LogP) is 1.80. The molecule has 6 atom stereocenters. The molecule has 38 heavy (non-hydrogen) atoms. The molecular weight excluding hydrogens is 496 g/mol. The second kappa shape index (κ2) is 10.4. The van der Waals surface area contributed by atoms with Gasteiger partial charge in [-0.05, 0) is 36.4 Å². The van der Waals surface area contributed by atoms with Gasteiger partial charge in [0, 0.05) is 12.8 Å². The Bertz CT molecular complexity index is 1240. The highest BCUT2D eigenvalue weighted by atomic mass is 16.8. The van der Waals surface area contributed by atoms with Crippen molar-refractivity contribution in [3.05, 3.63) is 91.0 Å². The van der Waals surface area contributed by atoms with Crippen LogP contribution in [-0.2, 0) is 14.3 Å². The first-order chi connectivity index (χ1) is 18.0. The number of benzene rings is 3. The quantitative estimate of drug-likeness (QED) is 0.185. The van der Waals surface area contributed by atoms with Gasteiger partial charge in [0.25, 0.3) is 0 Å². The average molecular weight is 525 g/mol. The molecule has 0 spiro atoms. The van der Waals surface area contributed by atoms with Gasteiger partial charge in [-0.1, -0.05) is 61.5 Å². The topological polar surface area (TPSA) is 152 Å². The number of carbonyl (C=O) groups is 2. The normalized spacial score (nSPS) is 25.6. The van der Waals surface area contributed by atoms with E-state index in [1.807, 2.05) is 0 Å². The molecule has 0 aromatic heterocycles. The molecule has 1 aliphatic carbocycles. The number of para-hydroxylation sites is 3. The zero-order valence-electron chi connectivity index (χ0n) is 20.6. The van der Waals surface area contributed by atoms with Crippen LogP contribution in [0, 0.1) is 5.92 Å². The molecule has 4 rings (SSSR count). The first kappa shape index (κ1) is 27.1. The Labute approximate surface area is 218 Å². The molecule has 4 N–H and O–H groups in total. The van der Waals surface area contributed by atoms with Crippen molar-refractivity contribution in [2.75, 3.05) is 0 Å². The van der Waals surface area contributed by atoms with E-state index in [1.165, 1.54) is 43.3 Å². The fraction of sp³-hybridized carbons (Fsp3) is 0.286. The van der Waals surface area contributed by atoms with E-state index in [9.17, 15) is 30.0 Å². The summed E-state index contributed by atoms with van der Waals surface area (Å²) < 4.78 is 22.6. The van der Waals surface area contributed by atoms with Crippen LogP contribution >= 0.6 is 0 Å². The van der Waals surface area contributed by atoms with Crippen molar-refractivity contribution < 1.29 is 49.0 Å². The molecule has 3 aromatic carbocycles. The van der Waals surface area contributed by atoms with Gasteiger partial charge in [-0.2, -0.15) is 0 Å². The maximum atomic E-state index is 14.0. The molecule has 10 heteroatoms. The molecule has 2 unspecified atom stereocenters. The number of rotatable bonds is 9. The minimum absolute atomic E-state index is 0.0121. The van der Waals surface area contributed by atoms with Gasteiger partial charge in [-0.15, -0.1) is 0 Å². The zero-order valence-corrected chi connectivity index (χ0v) is 20.6. The van der Waals surface area contributed by atoms with Crippen molar-refractivity contribution >= 4 is 11.9 Å². The molecule has 0 bridgehead atoms. The molecule has 0 saturated heterocycles. The molecule has 10 nitrogen and oxygen atoms in total. The van der Waals surface area contributed by atoms with Crippen LogP contribution in [0.4, 0.5) is 0 Å². The van der Waals surface area contributed by atoms with Crippen molar-refractivity contribution in [2.45, 2.75) is 43.2 Å². The number of ether oxygens (including phenoxy) is 4. The minimum atomic E-state index is -3.38. The average Bonchev–Trinajstić information content (AvgIpc) is 2.92. The zero-order chi connectivity index (χ0) is 27.6. The summed E-state index contributed by atoms with van der Waals surface area (Å²) in [6.07, 6.45) is -3.58. The van der Waals surface area contributed by atoms with Crippen LogP contribution in [0.15, 0.2) is 91.0 Å². The van der Waals surface area contributed by atoms with Gasteiger partial charge >= 0.3 is 23.5 Å². The lowest BCUT2D eigenvalue weighted by Crippen LogP contribution is -2.88. The van der Waals surface area contributed by atoms with Gasteiger partial charge in [0.05, 0.1) is 6.10 Å². The fourth-order valence-corrected chi connectivity index (χ4v) is 4.43. The molecule has 0 amide bonds. The monoisotopic (exact) mass is 524 g/mol. The Hall–Kier alpha value is -3.96. The van der Waals surface area contributed by atoms with Gasteiger partial charge in [0.15, 0.2) is 5.60 Å². The summed E-state index contributed by atoms with van der Waals surface area (Å²) in [7, 11) is 0. The summed E-state index contributed by atoms with van der Waals surface area (Å²) >= 11 is 0. The van der Waals surface area contributed by atoms with Crippen LogP contribution in [-0.4, -0.2) is 61.7 Å². The van der Waals surface area contributed by atoms with Crippen molar-refractivity contribution in [1.29, 1.82) is 0 Å². The third kappa shape index (κ3) is 4.48. The molecule has 1 fully saturated rings. The van der Waals surface area contributed by atoms with Gasteiger partial charge < -0.3 is 39.4 Å². The third-order valence-corrected chi connectivity index (χ3v) is 6.49. The summed E-state index contributed by atoms with van der Waals surface area (Å²) in [4.78, 5) is 26.5. The lowest BCUT2D eigenvalue weighted by molar-refractivity contribution is -0.431.